The van der Waals surface area contributed by atoms with E-state index in [1.807, 2.05) is 36.6 Å². The highest BCUT2D eigenvalue weighted by Gasteiger charge is 2.13. The summed E-state index contributed by atoms with van der Waals surface area (Å²) in [6.45, 7) is 1.90. The first-order valence-corrected chi connectivity index (χ1v) is 8.84. The van der Waals surface area contributed by atoms with Crippen LogP contribution in [0.5, 0.6) is 0 Å². The second-order valence-corrected chi connectivity index (χ2v) is 6.94. The van der Waals surface area contributed by atoms with E-state index in [4.69, 9.17) is 11.0 Å². The molecule has 0 aliphatic rings. The van der Waals surface area contributed by atoms with E-state index in [9.17, 15) is 4.79 Å². The van der Waals surface area contributed by atoms with Gasteiger partial charge >= 0.3 is 0 Å². The van der Waals surface area contributed by atoms with Gasteiger partial charge in [-0.3, -0.25) is 4.79 Å². The standard InChI is InChI=1S/C17H17N3OS2/c1-12(17(21)20-14-4-2-13(19)3-5-14)10-22-15-6-8-16(9-7-15)23-11-18/h2-9,12H,10,19H2,1H3,(H,20,21)/t12-/m0/s1. The molecule has 1 amide bonds. The van der Waals surface area contributed by atoms with E-state index >= 15 is 0 Å². The van der Waals surface area contributed by atoms with Gasteiger partial charge in [-0.15, -0.1) is 11.8 Å². The summed E-state index contributed by atoms with van der Waals surface area (Å²) < 4.78 is 0. The molecule has 3 N–H and O–H groups in total. The Morgan fingerprint density at radius 3 is 2.39 bits per heavy atom. The van der Waals surface area contributed by atoms with E-state index in [1.165, 1.54) is 0 Å². The molecule has 0 bridgehead atoms. The predicted molar refractivity (Wildman–Crippen MR) is 97.3 cm³/mol. The van der Waals surface area contributed by atoms with Gasteiger partial charge in [0.2, 0.25) is 5.91 Å². The minimum absolute atomic E-state index is 0.0149. The molecule has 0 spiro atoms. The topological polar surface area (TPSA) is 78.9 Å². The van der Waals surface area contributed by atoms with Crippen molar-refractivity contribution in [3.63, 3.8) is 0 Å². The molecule has 118 valence electrons. The highest BCUT2D eigenvalue weighted by Crippen LogP contribution is 2.25. The van der Waals surface area contributed by atoms with E-state index in [-0.39, 0.29) is 11.8 Å². The first-order valence-electron chi connectivity index (χ1n) is 7.03. The lowest BCUT2D eigenvalue weighted by Crippen LogP contribution is -2.22. The number of benzene rings is 2. The zero-order valence-corrected chi connectivity index (χ0v) is 14.3. The van der Waals surface area contributed by atoms with E-state index in [1.54, 1.807) is 36.0 Å². The average molecular weight is 343 g/mol. The number of nitrogens with two attached hydrogens (primary N) is 1. The molecule has 2 aromatic rings. The van der Waals surface area contributed by atoms with Crippen LogP contribution in [0.25, 0.3) is 0 Å². The minimum atomic E-state index is -0.120. The van der Waals surface area contributed by atoms with Crippen molar-refractivity contribution < 1.29 is 4.79 Å². The Labute approximate surface area is 144 Å². The zero-order chi connectivity index (χ0) is 16.7. The number of hydrogen-bond donors (Lipinski definition) is 2. The van der Waals surface area contributed by atoms with E-state index in [0.717, 1.165) is 27.2 Å². The third-order valence-corrected chi connectivity index (χ3v) is 4.98. The average Bonchev–Trinajstić information content (AvgIpc) is 2.56. The van der Waals surface area contributed by atoms with E-state index < -0.39 is 0 Å². The van der Waals surface area contributed by atoms with Crippen LogP contribution in [-0.2, 0) is 4.79 Å². The van der Waals surface area contributed by atoms with Gasteiger partial charge in [-0.2, -0.15) is 5.26 Å². The summed E-state index contributed by atoms with van der Waals surface area (Å²) in [5, 5.41) is 13.5. The summed E-state index contributed by atoms with van der Waals surface area (Å²) in [5.74, 6) is 0.551. The number of carbonyl (C=O) groups excluding carboxylic acids is 1. The molecule has 0 saturated heterocycles. The van der Waals surface area contributed by atoms with Crippen LogP contribution >= 0.6 is 23.5 Å². The molecule has 23 heavy (non-hydrogen) atoms. The van der Waals surface area contributed by atoms with Gasteiger partial charge in [0.1, 0.15) is 5.40 Å². The van der Waals surface area contributed by atoms with E-state index in [0.29, 0.717) is 11.4 Å². The molecule has 0 aliphatic carbocycles. The molecule has 0 radical (unpaired) electrons. The van der Waals surface area contributed by atoms with E-state index in [2.05, 4.69) is 5.32 Å². The van der Waals surface area contributed by atoms with Gasteiger partial charge < -0.3 is 11.1 Å². The number of carbonyl (C=O) groups is 1. The van der Waals surface area contributed by atoms with Gasteiger partial charge in [-0.25, -0.2) is 0 Å². The van der Waals surface area contributed by atoms with Crippen LogP contribution in [0.2, 0.25) is 0 Å². The Morgan fingerprint density at radius 2 is 1.78 bits per heavy atom. The van der Waals surface area contributed by atoms with Gasteiger partial charge in [0.15, 0.2) is 0 Å². The molecule has 4 nitrogen and oxygen atoms in total. The van der Waals surface area contributed by atoms with Gasteiger partial charge in [-0.1, -0.05) is 6.92 Å². The molecule has 2 rings (SSSR count). The summed E-state index contributed by atoms with van der Waals surface area (Å²) in [5.41, 5.74) is 7.04. The van der Waals surface area contributed by atoms with Crippen LogP contribution in [0.15, 0.2) is 58.3 Å². The van der Waals surface area contributed by atoms with Crippen molar-refractivity contribution in [1.29, 1.82) is 5.26 Å². The maximum absolute atomic E-state index is 12.2. The number of rotatable bonds is 6. The number of nitrogen functional groups attached to an aromatic ring is 1. The van der Waals surface area contributed by atoms with Crippen molar-refractivity contribution >= 4 is 40.8 Å². The van der Waals surface area contributed by atoms with Gasteiger partial charge in [0.25, 0.3) is 0 Å². The summed E-state index contributed by atoms with van der Waals surface area (Å²) in [6.07, 6.45) is 0. The van der Waals surface area contributed by atoms with Crippen LogP contribution in [0.3, 0.4) is 0 Å². The number of thioether (sulfide) groups is 2. The largest absolute Gasteiger partial charge is 0.399 e. The number of thiocyanates is 1. The number of nitrogens with zero attached hydrogens (tertiary/aromatic N) is 1. The Morgan fingerprint density at radius 1 is 1.17 bits per heavy atom. The van der Waals surface area contributed by atoms with Crippen molar-refractivity contribution in [2.24, 2.45) is 5.92 Å². The molecule has 0 unspecified atom stereocenters. The molecular weight excluding hydrogens is 326 g/mol. The predicted octanol–water partition coefficient (Wildman–Crippen LogP) is 4.21. The maximum Gasteiger partial charge on any atom is 0.228 e. The second kappa shape index (κ2) is 8.51. The summed E-state index contributed by atoms with van der Waals surface area (Å²) in [4.78, 5) is 14.2. The van der Waals surface area contributed by atoms with Crippen LogP contribution in [0.4, 0.5) is 11.4 Å². The number of nitrogens with one attached hydrogen (secondary N) is 1. The molecule has 0 aliphatic heterocycles. The Balaban J connectivity index is 1.83. The number of nitriles is 1. The number of hydrogen-bond acceptors (Lipinski definition) is 5. The molecular formula is C17H17N3OS2. The quantitative estimate of drug-likeness (QED) is 0.467. The summed E-state index contributed by atoms with van der Waals surface area (Å²) >= 11 is 2.76. The molecule has 1 atom stereocenters. The Kier molecular flexibility index (Phi) is 6.39. The van der Waals surface area contributed by atoms with Crippen molar-refractivity contribution in [1.82, 2.24) is 0 Å². The fourth-order valence-electron chi connectivity index (χ4n) is 1.79. The molecule has 2 aromatic carbocycles. The first-order chi connectivity index (χ1) is 11.1. The van der Waals surface area contributed by atoms with Crippen molar-refractivity contribution in [3.8, 4) is 5.40 Å². The number of anilines is 2. The Hall–Kier alpha value is -2.10. The second-order valence-electron chi connectivity index (χ2n) is 4.99. The molecule has 0 fully saturated rings. The van der Waals surface area contributed by atoms with Crippen molar-refractivity contribution in [2.45, 2.75) is 16.7 Å². The maximum atomic E-state index is 12.2. The van der Waals surface area contributed by atoms with Gasteiger partial charge in [0, 0.05) is 32.8 Å². The van der Waals surface area contributed by atoms with Crippen LogP contribution in [0, 0.1) is 16.6 Å². The molecule has 0 saturated carbocycles. The third-order valence-electron chi connectivity index (χ3n) is 3.11. The SMILES string of the molecule is C[C@@H](CSc1ccc(SC#N)cc1)C(=O)Nc1ccc(N)cc1. The lowest BCUT2D eigenvalue weighted by molar-refractivity contribution is -0.118. The Bertz CT molecular complexity index is 693. The molecule has 0 heterocycles. The third kappa shape index (κ3) is 5.55. The van der Waals surface area contributed by atoms with Crippen molar-refractivity contribution in [2.75, 3.05) is 16.8 Å². The highest BCUT2D eigenvalue weighted by atomic mass is 32.2. The highest BCUT2D eigenvalue weighted by molar-refractivity contribution is 8.03. The summed E-state index contributed by atoms with van der Waals surface area (Å²) in [6, 6.07) is 14.9. The van der Waals surface area contributed by atoms with Gasteiger partial charge in [0.05, 0.1) is 0 Å². The first kappa shape index (κ1) is 17.3. The molecule has 6 heteroatoms. The van der Waals surface area contributed by atoms with Crippen molar-refractivity contribution in [3.05, 3.63) is 48.5 Å². The fourth-order valence-corrected chi connectivity index (χ4v) is 3.09. The minimum Gasteiger partial charge on any atom is -0.399 e. The lowest BCUT2D eigenvalue weighted by atomic mass is 10.2. The normalized spacial score (nSPS) is 11.5. The number of amides is 1. The fraction of sp³-hybridized carbons (Fsp3) is 0.176. The van der Waals surface area contributed by atoms with Gasteiger partial charge in [-0.05, 0) is 60.3 Å². The smallest absolute Gasteiger partial charge is 0.228 e. The summed E-state index contributed by atoms with van der Waals surface area (Å²) in [7, 11) is 0. The van der Waals surface area contributed by atoms with Crippen LogP contribution < -0.4 is 11.1 Å². The monoisotopic (exact) mass is 343 g/mol. The zero-order valence-electron chi connectivity index (χ0n) is 12.7. The lowest BCUT2D eigenvalue weighted by Gasteiger charge is -2.12. The van der Waals surface area contributed by atoms with Crippen LogP contribution in [0.1, 0.15) is 6.92 Å². The molecule has 0 aromatic heterocycles. The van der Waals surface area contributed by atoms with Crippen LogP contribution in [-0.4, -0.2) is 11.7 Å².